The highest BCUT2D eigenvalue weighted by Gasteiger charge is 2.14. The Balaban J connectivity index is 3.93. The molecule has 0 rings (SSSR count). The van der Waals surface area contributed by atoms with E-state index in [0.717, 1.165) is 32.0 Å². The fourth-order valence-corrected chi connectivity index (χ4v) is 1.97. The maximum absolute atomic E-state index is 5.29. The van der Waals surface area contributed by atoms with Crippen molar-refractivity contribution < 1.29 is 0 Å². The van der Waals surface area contributed by atoms with Gasteiger partial charge in [0.25, 0.3) is 0 Å². The van der Waals surface area contributed by atoms with Crippen LogP contribution in [0.25, 0.3) is 0 Å². The van der Waals surface area contributed by atoms with Gasteiger partial charge in [-0.3, -0.25) is 0 Å². The van der Waals surface area contributed by atoms with E-state index >= 15 is 0 Å². The molecule has 2 nitrogen and oxygen atoms in total. The number of nitrogens with one attached hydrogen (secondary N) is 1. The molecule has 0 amide bonds. The van der Waals surface area contributed by atoms with E-state index in [1.165, 1.54) is 12.8 Å². The molecule has 0 aliphatic heterocycles. The van der Waals surface area contributed by atoms with Gasteiger partial charge < -0.3 is 10.2 Å². The van der Waals surface area contributed by atoms with Gasteiger partial charge in [-0.15, -0.1) is 12.3 Å². The third kappa shape index (κ3) is 6.15. The third-order valence-electron chi connectivity index (χ3n) is 3.48. The summed E-state index contributed by atoms with van der Waals surface area (Å²) in [7, 11) is 2.06. The molecule has 2 heteroatoms. The zero-order chi connectivity index (χ0) is 12.4. The van der Waals surface area contributed by atoms with Gasteiger partial charge in [0.05, 0.1) is 0 Å². The summed E-state index contributed by atoms with van der Waals surface area (Å²) < 4.78 is 0. The van der Waals surface area contributed by atoms with Crippen LogP contribution in [0.5, 0.6) is 0 Å². The minimum Gasteiger partial charge on any atom is -0.317 e. The summed E-state index contributed by atoms with van der Waals surface area (Å²) in [6.07, 6.45) is 8.61. The van der Waals surface area contributed by atoms with Gasteiger partial charge in [-0.1, -0.05) is 27.2 Å². The van der Waals surface area contributed by atoms with Gasteiger partial charge >= 0.3 is 0 Å². The van der Waals surface area contributed by atoms with Gasteiger partial charge in [-0.2, -0.15) is 0 Å². The molecule has 0 bridgehead atoms. The second kappa shape index (κ2) is 9.69. The van der Waals surface area contributed by atoms with E-state index < -0.39 is 0 Å². The summed E-state index contributed by atoms with van der Waals surface area (Å²) in [5, 5.41) is 3.42. The summed E-state index contributed by atoms with van der Waals surface area (Å²) in [6.45, 7) is 10.1. The zero-order valence-corrected chi connectivity index (χ0v) is 11.4. The van der Waals surface area contributed by atoms with Crippen LogP contribution in [0.3, 0.4) is 0 Å². The smallest absolute Gasteiger partial charge is 0.0214 e. The van der Waals surface area contributed by atoms with Gasteiger partial charge in [0.2, 0.25) is 0 Å². The van der Waals surface area contributed by atoms with Crippen LogP contribution >= 0.6 is 0 Å². The average Bonchev–Trinajstić information content (AvgIpc) is 2.33. The molecule has 0 aromatic carbocycles. The van der Waals surface area contributed by atoms with Gasteiger partial charge in [-0.05, 0) is 32.5 Å². The van der Waals surface area contributed by atoms with Crippen molar-refractivity contribution in [2.45, 2.75) is 46.1 Å². The van der Waals surface area contributed by atoms with Gasteiger partial charge in [0.15, 0.2) is 0 Å². The van der Waals surface area contributed by atoms with Crippen molar-refractivity contribution in [3.05, 3.63) is 0 Å². The fraction of sp³-hybridized carbons (Fsp3) is 0.857. The van der Waals surface area contributed by atoms with E-state index in [-0.39, 0.29) is 0 Å². The van der Waals surface area contributed by atoms with Gasteiger partial charge in [0.1, 0.15) is 0 Å². The molecule has 0 saturated carbocycles. The Hall–Kier alpha value is -0.520. The topological polar surface area (TPSA) is 15.3 Å². The van der Waals surface area contributed by atoms with Crippen molar-refractivity contribution in [2.75, 3.05) is 26.7 Å². The molecule has 0 radical (unpaired) electrons. The van der Waals surface area contributed by atoms with E-state index in [0.29, 0.717) is 6.04 Å². The predicted octanol–water partition coefficient (Wildman–Crippen LogP) is 2.36. The first-order valence-corrected chi connectivity index (χ1v) is 6.52. The van der Waals surface area contributed by atoms with Crippen LogP contribution in [0.4, 0.5) is 0 Å². The lowest BCUT2D eigenvalue weighted by molar-refractivity contribution is 0.255. The van der Waals surface area contributed by atoms with Gasteiger partial charge in [-0.25, -0.2) is 0 Å². The summed E-state index contributed by atoms with van der Waals surface area (Å²) in [4.78, 5) is 2.44. The molecule has 0 fully saturated rings. The Morgan fingerprint density at radius 1 is 1.31 bits per heavy atom. The Morgan fingerprint density at radius 3 is 2.44 bits per heavy atom. The lowest BCUT2D eigenvalue weighted by atomic mass is 9.96. The Labute approximate surface area is 102 Å². The third-order valence-corrected chi connectivity index (χ3v) is 3.48. The van der Waals surface area contributed by atoms with Crippen molar-refractivity contribution in [2.24, 2.45) is 5.92 Å². The molecule has 0 heterocycles. The Bertz CT molecular complexity index is 195. The molecule has 0 aliphatic carbocycles. The van der Waals surface area contributed by atoms with Crippen LogP contribution in [-0.2, 0) is 0 Å². The summed E-state index contributed by atoms with van der Waals surface area (Å²) in [6, 6.07) is 0.630. The van der Waals surface area contributed by atoms with Crippen molar-refractivity contribution in [3.8, 4) is 12.3 Å². The van der Waals surface area contributed by atoms with E-state index in [1.807, 2.05) is 0 Å². The minimum absolute atomic E-state index is 0.630. The summed E-state index contributed by atoms with van der Waals surface area (Å²) in [5.41, 5.74) is 0. The SMILES string of the molecule is C#CCCN(CC)CCC(NC)C(C)CC. The van der Waals surface area contributed by atoms with Crippen LogP contribution in [0, 0.1) is 18.3 Å². The molecule has 94 valence electrons. The van der Waals surface area contributed by atoms with E-state index in [4.69, 9.17) is 6.42 Å². The summed E-state index contributed by atoms with van der Waals surface area (Å²) in [5.74, 6) is 3.46. The Kier molecular flexibility index (Phi) is 9.37. The molecule has 2 unspecified atom stereocenters. The van der Waals surface area contributed by atoms with Crippen molar-refractivity contribution in [3.63, 3.8) is 0 Å². The first kappa shape index (κ1) is 15.5. The first-order chi connectivity index (χ1) is 7.69. The lowest BCUT2D eigenvalue weighted by Gasteiger charge is -2.26. The normalized spacial score (nSPS) is 14.8. The molecule has 0 saturated heterocycles. The monoisotopic (exact) mass is 224 g/mol. The maximum atomic E-state index is 5.29. The van der Waals surface area contributed by atoms with Crippen molar-refractivity contribution in [1.29, 1.82) is 0 Å². The highest BCUT2D eigenvalue weighted by atomic mass is 15.1. The second-order valence-electron chi connectivity index (χ2n) is 4.46. The molecule has 2 atom stereocenters. The standard InChI is InChI=1S/C14H28N2/c1-6-9-11-16(8-3)12-10-14(15-5)13(4)7-2/h1,13-15H,7-12H2,2-5H3. The lowest BCUT2D eigenvalue weighted by Crippen LogP contribution is -2.36. The summed E-state index contributed by atoms with van der Waals surface area (Å²) >= 11 is 0. The second-order valence-corrected chi connectivity index (χ2v) is 4.46. The molecular formula is C14H28N2. The molecule has 1 N–H and O–H groups in total. The van der Waals surface area contributed by atoms with Gasteiger partial charge in [0, 0.05) is 19.0 Å². The maximum Gasteiger partial charge on any atom is 0.0214 e. The molecule has 0 aliphatic rings. The molecule has 0 spiro atoms. The highest BCUT2D eigenvalue weighted by molar-refractivity contribution is 4.85. The van der Waals surface area contributed by atoms with Crippen LogP contribution in [0.1, 0.15) is 40.0 Å². The average molecular weight is 224 g/mol. The van der Waals surface area contributed by atoms with Crippen LogP contribution < -0.4 is 5.32 Å². The number of hydrogen-bond acceptors (Lipinski definition) is 2. The minimum atomic E-state index is 0.630. The fourth-order valence-electron chi connectivity index (χ4n) is 1.97. The van der Waals surface area contributed by atoms with E-state index in [2.05, 4.69) is 44.0 Å². The molecular weight excluding hydrogens is 196 g/mol. The highest BCUT2D eigenvalue weighted by Crippen LogP contribution is 2.11. The van der Waals surface area contributed by atoms with Crippen LogP contribution in [0.15, 0.2) is 0 Å². The van der Waals surface area contributed by atoms with Crippen LogP contribution in [-0.4, -0.2) is 37.6 Å². The quantitative estimate of drug-likeness (QED) is 0.605. The first-order valence-electron chi connectivity index (χ1n) is 6.52. The number of nitrogens with zero attached hydrogens (tertiary/aromatic N) is 1. The zero-order valence-electron chi connectivity index (χ0n) is 11.4. The van der Waals surface area contributed by atoms with E-state index in [9.17, 15) is 0 Å². The van der Waals surface area contributed by atoms with E-state index in [1.54, 1.807) is 0 Å². The Morgan fingerprint density at radius 2 is 2.00 bits per heavy atom. The number of hydrogen-bond donors (Lipinski definition) is 1. The van der Waals surface area contributed by atoms with Crippen molar-refractivity contribution >= 4 is 0 Å². The molecule has 16 heavy (non-hydrogen) atoms. The van der Waals surface area contributed by atoms with Crippen LogP contribution in [0.2, 0.25) is 0 Å². The molecule has 0 aromatic rings. The van der Waals surface area contributed by atoms with Crippen molar-refractivity contribution in [1.82, 2.24) is 10.2 Å². The number of rotatable bonds is 9. The molecule has 0 aromatic heterocycles. The predicted molar refractivity (Wildman–Crippen MR) is 72.5 cm³/mol. The number of terminal acetylenes is 1. The largest absolute Gasteiger partial charge is 0.317 e.